The zero-order chi connectivity index (χ0) is 19.4. The topological polar surface area (TPSA) is 58.6 Å². The van der Waals surface area contributed by atoms with E-state index in [0.717, 1.165) is 38.9 Å². The zero-order valence-corrected chi connectivity index (χ0v) is 15.5. The van der Waals surface area contributed by atoms with Crippen molar-refractivity contribution >= 4 is 11.9 Å². The van der Waals surface area contributed by atoms with Crippen molar-refractivity contribution in [3.8, 4) is 0 Å². The molecule has 2 atom stereocenters. The number of nitrogens with zero attached hydrogens (tertiary/aromatic N) is 1. The van der Waals surface area contributed by atoms with E-state index in [9.17, 15) is 18.4 Å². The summed E-state index contributed by atoms with van der Waals surface area (Å²) in [4.78, 5) is 26.0. The third-order valence-electron chi connectivity index (χ3n) is 5.57. The number of esters is 1. The smallest absolute Gasteiger partial charge is 0.308 e. The molecule has 1 saturated carbocycles. The summed E-state index contributed by atoms with van der Waals surface area (Å²) in [7, 11) is 1.42. The molecule has 27 heavy (non-hydrogen) atoms. The predicted octanol–water partition coefficient (Wildman–Crippen LogP) is 2.46. The maximum Gasteiger partial charge on any atom is 0.308 e. The standard InChI is InChI=1S/C20H26F2N2O3/c1-27-20(26)13-6-10-24(11-7-13)9-3-8-23-19(25)15-12-14(15)18-16(21)4-2-5-17(18)22/h2,4-5,13-15H,3,6-12H2,1H3,(H,23,25)/t14-,15-/m0/s1. The molecule has 0 bridgehead atoms. The Labute approximate surface area is 158 Å². The quantitative estimate of drug-likeness (QED) is 0.583. The van der Waals surface area contributed by atoms with Gasteiger partial charge in [0.05, 0.1) is 13.0 Å². The lowest BCUT2D eigenvalue weighted by atomic mass is 9.97. The fourth-order valence-corrected chi connectivity index (χ4v) is 3.87. The number of benzene rings is 1. The first-order valence-corrected chi connectivity index (χ1v) is 9.53. The van der Waals surface area contributed by atoms with Crippen LogP contribution in [0.4, 0.5) is 8.78 Å². The van der Waals surface area contributed by atoms with Crippen LogP contribution < -0.4 is 5.32 Å². The summed E-state index contributed by atoms with van der Waals surface area (Å²) >= 11 is 0. The van der Waals surface area contributed by atoms with Crippen LogP contribution in [0.5, 0.6) is 0 Å². The number of ether oxygens (including phenoxy) is 1. The minimum absolute atomic E-state index is 0.00321. The minimum Gasteiger partial charge on any atom is -0.469 e. The molecule has 1 aliphatic carbocycles. The number of hydrogen-bond donors (Lipinski definition) is 1. The molecule has 1 heterocycles. The summed E-state index contributed by atoms with van der Waals surface area (Å²) in [6.07, 6.45) is 2.90. The molecule has 7 heteroatoms. The van der Waals surface area contributed by atoms with Crippen molar-refractivity contribution in [2.75, 3.05) is 33.3 Å². The lowest BCUT2D eigenvalue weighted by molar-refractivity contribution is -0.147. The number of nitrogens with one attached hydrogen (secondary N) is 1. The Bertz CT molecular complexity index is 670. The highest BCUT2D eigenvalue weighted by molar-refractivity contribution is 5.82. The Hall–Kier alpha value is -2.02. The van der Waals surface area contributed by atoms with Gasteiger partial charge in [-0.05, 0) is 57.5 Å². The van der Waals surface area contributed by atoms with Crippen LogP contribution in [0, 0.1) is 23.5 Å². The first-order chi connectivity index (χ1) is 13.0. The Balaban J connectivity index is 1.34. The molecule has 1 aliphatic heterocycles. The van der Waals surface area contributed by atoms with Gasteiger partial charge >= 0.3 is 5.97 Å². The molecule has 1 aromatic carbocycles. The van der Waals surface area contributed by atoms with Crippen molar-refractivity contribution in [3.05, 3.63) is 35.4 Å². The molecule has 1 aromatic rings. The molecule has 1 N–H and O–H groups in total. The van der Waals surface area contributed by atoms with Crippen LogP contribution in [-0.2, 0) is 14.3 Å². The van der Waals surface area contributed by atoms with E-state index in [-0.39, 0.29) is 35.2 Å². The van der Waals surface area contributed by atoms with Gasteiger partial charge in [0, 0.05) is 23.9 Å². The van der Waals surface area contributed by atoms with Crippen molar-refractivity contribution in [3.63, 3.8) is 0 Å². The second-order valence-corrected chi connectivity index (χ2v) is 7.37. The van der Waals surface area contributed by atoms with Gasteiger partial charge in [-0.3, -0.25) is 9.59 Å². The fourth-order valence-electron chi connectivity index (χ4n) is 3.87. The van der Waals surface area contributed by atoms with Crippen LogP contribution in [0.1, 0.15) is 37.2 Å². The lowest BCUT2D eigenvalue weighted by Gasteiger charge is -2.30. The summed E-state index contributed by atoms with van der Waals surface area (Å²) in [5.74, 6) is -2.12. The van der Waals surface area contributed by atoms with Gasteiger partial charge in [-0.2, -0.15) is 0 Å². The minimum atomic E-state index is -0.578. The Morgan fingerprint density at radius 2 is 1.89 bits per heavy atom. The van der Waals surface area contributed by atoms with E-state index in [4.69, 9.17) is 4.74 Å². The molecule has 0 aromatic heterocycles. The molecule has 1 saturated heterocycles. The van der Waals surface area contributed by atoms with Gasteiger partial charge < -0.3 is 15.0 Å². The van der Waals surface area contributed by atoms with E-state index < -0.39 is 11.6 Å². The van der Waals surface area contributed by atoms with Crippen LogP contribution >= 0.6 is 0 Å². The maximum atomic E-state index is 13.8. The van der Waals surface area contributed by atoms with Gasteiger partial charge in [-0.1, -0.05) is 6.07 Å². The Kier molecular flexibility index (Phi) is 6.42. The number of halogens is 2. The number of likely N-dealkylation sites (tertiary alicyclic amines) is 1. The SMILES string of the molecule is COC(=O)C1CCN(CCCNC(=O)[C@H]2C[C@@H]2c2c(F)cccc2F)CC1. The monoisotopic (exact) mass is 380 g/mol. The largest absolute Gasteiger partial charge is 0.469 e. The predicted molar refractivity (Wildman–Crippen MR) is 96.0 cm³/mol. The number of carbonyl (C=O) groups is 2. The van der Waals surface area contributed by atoms with E-state index in [1.165, 1.54) is 25.3 Å². The molecule has 2 fully saturated rings. The van der Waals surface area contributed by atoms with Crippen LogP contribution in [-0.4, -0.2) is 50.1 Å². The van der Waals surface area contributed by atoms with Gasteiger partial charge in [0.15, 0.2) is 0 Å². The molecule has 0 radical (unpaired) electrons. The van der Waals surface area contributed by atoms with Crippen molar-refractivity contribution in [2.24, 2.45) is 11.8 Å². The van der Waals surface area contributed by atoms with Crippen LogP contribution in [0.25, 0.3) is 0 Å². The first-order valence-electron chi connectivity index (χ1n) is 9.53. The number of hydrogen-bond acceptors (Lipinski definition) is 4. The summed E-state index contributed by atoms with van der Waals surface area (Å²) in [6, 6.07) is 3.80. The average molecular weight is 380 g/mol. The number of carbonyl (C=O) groups excluding carboxylic acids is 2. The molecule has 1 amide bonds. The summed E-state index contributed by atoms with van der Waals surface area (Å²) in [5, 5.41) is 2.87. The molecule has 2 aliphatic rings. The highest BCUT2D eigenvalue weighted by atomic mass is 19.1. The highest BCUT2D eigenvalue weighted by Crippen LogP contribution is 2.49. The summed E-state index contributed by atoms with van der Waals surface area (Å²) in [5.41, 5.74) is 0.0335. The van der Waals surface area contributed by atoms with Crippen molar-refractivity contribution < 1.29 is 23.1 Å². The van der Waals surface area contributed by atoms with Gasteiger partial charge in [0.25, 0.3) is 0 Å². The number of rotatable bonds is 7. The van der Waals surface area contributed by atoms with Crippen LogP contribution in [0.15, 0.2) is 18.2 Å². The molecule has 0 unspecified atom stereocenters. The summed E-state index contributed by atoms with van der Waals surface area (Å²) in [6.45, 7) is 3.10. The fraction of sp³-hybridized carbons (Fsp3) is 0.600. The molecule has 5 nitrogen and oxygen atoms in total. The molecular formula is C20H26F2N2O3. The highest BCUT2D eigenvalue weighted by Gasteiger charge is 2.46. The van der Waals surface area contributed by atoms with Crippen molar-refractivity contribution in [2.45, 2.75) is 31.6 Å². The second kappa shape index (κ2) is 8.78. The third-order valence-corrected chi connectivity index (χ3v) is 5.57. The molecule has 148 valence electrons. The molecule has 3 rings (SSSR count). The molecule has 0 spiro atoms. The number of methoxy groups -OCH3 is 1. The van der Waals surface area contributed by atoms with Gasteiger partial charge in [0.1, 0.15) is 11.6 Å². The van der Waals surface area contributed by atoms with Crippen molar-refractivity contribution in [1.82, 2.24) is 10.2 Å². The van der Waals surface area contributed by atoms with Gasteiger partial charge in [-0.25, -0.2) is 8.78 Å². The van der Waals surface area contributed by atoms with Gasteiger partial charge in [-0.15, -0.1) is 0 Å². The van der Waals surface area contributed by atoms with E-state index in [1.54, 1.807) is 0 Å². The normalized spacial score (nSPS) is 23.1. The number of amides is 1. The van der Waals surface area contributed by atoms with Crippen molar-refractivity contribution in [1.29, 1.82) is 0 Å². The zero-order valence-electron chi connectivity index (χ0n) is 15.5. The summed E-state index contributed by atoms with van der Waals surface area (Å²) < 4.78 is 32.4. The number of piperidine rings is 1. The molecular weight excluding hydrogens is 354 g/mol. The third kappa shape index (κ3) is 4.83. The van der Waals surface area contributed by atoms with Crippen LogP contribution in [0.3, 0.4) is 0 Å². The van der Waals surface area contributed by atoms with Crippen LogP contribution in [0.2, 0.25) is 0 Å². The average Bonchev–Trinajstić information content (AvgIpc) is 3.45. The lowest BCUT2D eigenvalue weighted by Crippen LogP contribution is -2.38. The Morgan fingerprint density at radius 3 is 2.52 bits per heavy atom. The maximum absolute atomic E-state index is 13.8. The second-order valence-electron chi connectivity index (χ2n) is 7.37. The van der Waals surface area contributed by atoms with E-state index in [1.807, 2.05) is 0 Å². The van der Waals surface area contributed by atoms with E-state index in [2.05, 4.69) is 10.2 Å². The van der Waals surface area contributed by atoms with Gasteiger partial charge in [0.2, 0.25) is 5.91 Å². The van der Waals surface area contributed by atoms with E-state index in [0.29, 0.717) is 13.0 Å². The Morgan fingerprint density at radius 1 is 1.22 bits per heavy atom. The first kappa shape index (κ1) is 19.7. The van der Waals surface area contributed by atoms with E-state index >= 15 is 0 Å².